The van der Waals surface area contributed by atoms with Crippen molar-refractivity contribution in [2.24, 2.45) is 0 Å². The van der Waals surface area contributed by atoms with E-state index in [4.69, 9.17) is 34.8 Å². The van der Waals surface area contributed by atoms with Gasteiger partial charge < -0.3 is 9.67 Å². The monoisotopic (exact) mass is 303 g/mol. The second-order valence-corrected chi connectivity index (χ2v) is 6.59. The summed E-state index contributed by atoms with van der Waals surface area (Å²) in [5.74, 6) is 0. The third kappa shape index (κ3) is 4.30. The van der Waals surface area contributed by atoms with Crippen molar-refractivity contribution in [1.29, 1.82) is 0 Å². The molecule has 8 heteroatoms. The van der Waals surface area contributed by atoms with Crippen molar-refractivity contribution in [2.75, 3.05) is 0 Å². The average molecular weight is 305 g/mol. The van der Waals surface area contributed by atoms with Crippen molar-refractivity contribution in [1.82, 2.24) is 14.8 Å². The Morgan fingerprint density at radius 2 is 2.25 bits per heavy atom. The van der Waals surface area contributed by atoms with Crippen LogP contribution in [-0.4, -0.2) is 29.1 Å². The molecular weight excluding hydrogens is 293 g/mol. The Balaban J connectivity index is 2.63. The molecule has 0 radical (unpaired) electrons. The Hall–Kier alpha value is 0.320. The third-order valence-electron chi connectivity index (χ3n) is 1.83. The third-order valence-corrected chi connectivity index (χ3v) is 3.94. The van der Waals surface area contributed by atoms with Gasteiger partial charge in [-0.25, -0.2) is 0 Å². The molecule has 1 N–H and O–H groups in total. The molecule has 92 valence electrons. The highest BCUT2D eigenvalue weighted by atomic mass is 35.6. The summed E-state index contributed by atoms with van der Waals surface area (Å²) >= 11 is 17.7. The number of alkyl halides is 3. The largest absolute Gasteiger partial charge is 0.377 e. The maximum Gasteiger partial charge on any atom is 0.225 e. The Morgan fingerprint density at radius 1 is 1.56 bits per heavy atom. The van der Waals surface area contributed by atoms with Gasteiger partial charge in [0.25, 0.3) is 0 Å². The van der Waals surface area contributed by atoms with Crippen LogP contribution in [0.3, 0.4) is 0 Å². The summed E-state index contributed by atoms with van der Waals surface area (Å²) in [7, 11) is 0. The summed E-state index contributed by atoms with van der Waals surface area (Å²) in [5, 5.41) is 17.8. The molecule has 0 fully saturated rings. The van der Waals surface area contributed by atoms with Crippen LogP contribution in [0.1, 0.15) is 19.8 Å². The molecule has 0 bridgehead atoms. The molecule has 1 aromatic rings. The summed E-state index contributed by atoms with van der Waals surface area (Å²) in [5.41, 5.74) is -1.16. The summed E-state index contributed by atoms with van der Waals surface area (Å²) in [4.78, 5) is 0. The van der Waals surface area contributed by atoms with E-state index in [9.17, 15) is 5.11 Å². The zero-order valence-electron chi connectivity index (χ0n) is 8.61. The van der Waals surface area contributed by atoms with Crippen LogP contribution in [0.25, 0.3) is 0 Å². The molecule has 1 aromatic heterocycles. The van der Waals surface area contributed by atoms with Crippen molar-refractivity contribution in [3.63, 3.8) is 0 Å². The number of unbranched alkanes of at least 4 members (excludes halogenated alkanes) is 1. The molecule has 0 aliphatic heterocycles. The van der Waals surface area contributed by atoms with E-state index in [1.54, 1.807) is 6.33 Å². The van der Waals surface area contributed by atoms with Gasteiger partial charge in [-0.2, -0.15) is 0 Å². The van der Waals surface area contributed by atoms with Crippen LogP contribution in [0.4, 0.5) is 0 Å². The van der Waals surface area contributed by atoms with Crippen molar-refractivity contribution in [3.05, 3.63) is 6.33 Å². The van der Waals surface area contributed by atoms with Crippen LogP contribution >= 0.6 is 46.6 Å². The molecule has 0 saturated heterocycles. The van der Waals surface area contributed by atoms with Crippen LogP contribution in [0.5, 0.6) is 0 Å². The first-order valence-corrected chi connectivity index (χ1v) is 6.75. The number of hydrogen-bond acceptors (Lipinski definition) is 4. The van der Waals surface area contributed by atoms with Gasteiger partial charge in [-0.1, -0.05) is 59.9 Å². The topological polar surface area (TPSA) is 50.9 Å². The highest BCUT2D eigenvalue weighted by Gasteiger charge is 2.32. The molecule has 4 nitrogen and oxygen atoms in total. The number of aliphatic hydroxyl groups is 1. The van der Waals surface area contributed by atoms with Crippen LogP contribution in [0, 0.1) is 0 Å². The normalized spacial score (nSPS) is 14.1. The van der Waals surface area contributed by atoms with E-state index >= 15 is 0 Å². The first kappa shape index (κ1) is 14.4. The lowest BCUT2D eigenvalue weighted by atomic mass is 10.3. The Morgan fingerprint density at radius 3 is 2.81 bits per heavy atom. The molecule has 0 aliphatic rings. The number of aryl methyl sites for hydroxylation is 1. The van der Waals surface area contributed by atoms with Crippen molar-refractivity contribution in [2.45, 2.75) is 40.7 Å². The first-order valence-electron chi connectivity index (χ1n) is 4.74. The molecular formula is C8H12Cl3N3OS. The van der Waals surface area contributed by atoms with Gasteiger partial charge in [-0.15, -0.1) is 10.2 Å². The molecule has 1 unspecified atom stereocenters. The maximum atomic E-state index is 9.59. The van der Waals surface area contributed by atoms with Gasteiger partial charge in [0.1, 0.15) is 6.33 Å². The lowest BCUT2D eigenvalue weighted by molar-refractivity contribution is 0.267. The van der Waals surface area contributed by atoms with E-state index < -0.39 is 9.23 Å². The fourth-order valence-corrected chi connectivity index (χ4v) is 2.09. The number of nitrogens with zero attached hydrogens (tertiary/aromatic N) is 3. The van der Waals surface area contributed by atoms with Gasteiger partial charge in [0.15, 0.2) is 10.6 Å². The van der Waals surface area contributed by atoms with Gasteiger partial charge in [-0.05, 0) is 6.42 Å². The first-order chi connectivity index (χ1) is 7.45. The summed E-state index contributed by atoms with van der Waals surface area (Å²) in [6.07, 6.45) is 3.67. The number of aromatic nitrogens is 3. The zero-order valence-corrected chi connectivity index (χ0v) is 11.7. The Bertz CT molecular complexity index is 329. The predicted octanol–water partition coefficient (Wildman–Crippen LogP) is 2.86. The molecule has 16 heavy (non-hydrogen) atoms. The van der Waals surface area contributed by atoms with Crippen LogP contribution in [0.2, 0.25) is 0 Å². The molecule has 0 amide bonds. The second-order valence-electron chi connectivity index (χ2n) is 3.17. The predicted molar refractivity (Wildman–Crippen MR) is 67.1 cm³/mol. The van der Waals surface area contributed by atoms with Crippen molar-refractivity contribution in [3.8, 4) is 0 Å². The van der Waals surface area contributed by atoms with Gasteiger partial charge in [0, 0.05) is 6.54 Å². The van der Waals surface area contributed by atoms with Gasteiger partial charge in [0.05, 0.1) is 0 Å². The molecule has 0 spiro atoms. The zero-order chi connectivity index (χ0) is 12.2. The maximum absolute atomic E-state index is 9.59. The quantitative estimate of drug-likeness (QED) is 0.516. The van der Waals surface area contributed by atoms with E-state index in [1.165, 1.54) is 0 Å². The van der Waals surface area contributed by atoms with Crippen LogP contribution in [0.15, 0.2) is 11.5 Å². The molecule has 1 heterocycles. The van der Waals surface area contributed by atoms with Crippen LogP contribution in [-0.2, 0) is 6.54 Å². The molecule has 0 aromatic carbocycles. The minimum absolute atomic E-state index is 0.548. The number of thioether (sulfide) groups is 1. The summed E-state index contributed by atoms with van der Waals surface area (Å²) in [6.45, 7) is 2.88. The van der Waals surface area contributed by atoms with Gasteiger partial charge in [0.2, 0.25) is 3.79 Å². The molecule has 1 rings (SSSR count). The number of halogens is 3. The van der Waals surface area contributed by atoms with Gasteiger partial charge in [-0.3, -0.25) is 0 Å². The second kappa shape index (κ2) is 6.31. The van der Waals surface area contributed by atoms with E-state index in [-0.39, 0.29) is 0 Å². The molecule has 1 atom stereocenters. The van der Waals surface area contributed by atoms with Crippen molar-refractivity contribution >= 4 is 46.6 Å². The lowest BCUT2D eigenvalue weighted by Gasteiger charge is -2.17. The van der Waals surface area contributed by atoms with E-state index in [1.807, 2.05) is 4.57 Å². The highest BCUT2D eigenvalue weighted by Crippen LogP contribution is 2.38. The Kier molecular flexibility index (Phi) is 5.67. The highest BCUT2D eigenvalue weighted by molar-refractivity contribution is 7.99. The average Bonchev–Trinajstić information content (AvgIpc) is 2.61. The minimum Gasteiger partial charge on any atom is -0.377 e. The fraction of sp³-hybridized carbons (Fsp3) is 0.750. The van der Waals surface area contributed by atoms with E-state index in [0.717, 1.165) is 31.1 Å². The summed E-state index contributed by atoms with van der Waals surface area (Å²) in [6, 6.07) is 0. The van der Waals surface area contributed by atoms with E-state index in [0.29, 0.717) is 5.16 Å². The smallest absolute Gasteiger partial charge is 0.225 e. The number of hydrogen-bond donors (Lipinski definition) is 1. The fourth-order valence-electron chi connectivity index (χ4n) is 0.984. The van der Waals surface area contributed by atoms with Gasteiger partial charge >= 0.3 is 0 Å². The van der Waals surface area contributed by atoms with Crippen LogP contribution < -0.4 is 0 Å². The minimum atomic E-state index is -1.73. The molecule has 0 aliphatic carbocycles. The molecule has 0 saturated carbocycles. The van der Waals surface area contributed by atoms with E-state index in [2.05, 4.69) is 17.1 Å². The summed E-state index contributed by atoms with van der Waals surface area (Å²) < 4.78 is 0.0972. The SMILES string of the molecule is CCCCn1cnnc1SC(O)C(Cl)(Cl)Cl. The standard InChI is InChI=1S/C8H12Cl3N3OS/c1-2-3-4-14-5-12-13-7(14)16-6(15)8(9,10)11/h5-6,15H,2-4H2,1H3. The number of rotatable bonds is 5. The van der Waals surface area contributed by atoms with Crippen molar-refractivity contribution < 1.29 is 5.11 Å². The Labute approximate surface area is 113 Å². The lowest BCUT2D eigenvalue weighted by Crippen LogP contribution is -2.21. The number of aliphatic hydroxyl groups excluding tert-OH is 1.